The average Bonchev–Trinajstić information content (AvgIpc) is 2.41. The predicted molar refractivity (Wildman–Crippen MR) is 37.9 cm³/mol. The van der Waals surface area contributed by atoms with Gasteiger partial charge in [-0.25, -0.2) is 0 Å². The molecule has 3 rings (SSSR count). The first-order chi connectivity index (χ1) is 5.33. The van der Waals surface area contributed by atoms with Gasteiger partial charge >= 0.3 is 5.97 Å². The van der Waals surface area contributed by atoms with Gasteiger partial charge in [0.15, 0.2) is 0 Å². The minimum absolute atomic E-state index is 0.0124. The van der Waals surface area contributed by atoms with Crippen LogP contribution in [0.15, 0.2) is 0 Å². The lowest BCUT2D eigenvalue weighted by Gasteiger charge is -2.32. The van der Waals surface area contributed by atoms with E-state index < -0.39 is 0 Å². The molecule has 3 nitrogen and oxygen atoms in total. The number of carbonyl (C=O) groups is 1. The smallest absolute Gasteiger partial charge is 0.306 e. The maximum absolute atomic E-state index is 11.0. The molecular formula is C8H11NO2. The van der Waals surface area contributed by atoms with Crippen molar-refractivity contribution in [1.82, 2.24) is 5.32 Å². The molecule has 0 aromatic carbocycles. The summed E-state index contributed by atoms with van der Waals surface area (Å²) in [7, 11) is 0. The van der Waals surface area contributed by atoms with Gasteiger partial charge in [-0.05, 0) is 12.3 Å². The van der Waals surface area contributed by atoms with Gasteiger partial charge < -0.3 is 10.1 Å². The number of ether oxygens (including phenoxy) is 1. The highest BCUT2D eigenvalue weighted by atomic mass is 16.5. The van der Waals surface area contributed by atoms with Gasteiger partial charge in [-0.2, -0.15) is 0 Å². The van der Waals surface area contributed by atoms with Crippen molar-refractivity contribution in [3.05, 3.63) is 0 Å². The summed E-state index contributed by atoms with van der Waals surface area (Å²) in [5.74, 6) is 0.596. The van der Waals surface area contributed by atoms with Crippen molar-refractivity contribution in [3.63, 3.8) is 0 Å². The number of rotatable bonds is 0. The normalized spacial score (nSPS) is 52.9. The van der Waals surface area contributed by atoms with Crippen molar-refractivity contribution < 1.29 is 9.53 Å². The molecule has 60 valence electrons. The monoisotopic (exact) mass is 153 g/mol. The summed E-state index contributed by atoms with van der Waals surface area (Å²) in [5, 5.41) is 3.47. The molecule has 0 aromatic heterocycles. The molecule has 2 bridgehead atoms. The van der Waals surface area contributed by atoms with Crippen molar-refractivity contribution >= 4 is 5.97 Å². The molecule has 3 aliphatic heterocycles. The Hall–Kier alpha value is -0.570. The Bertz CT molecular complexity index is 198. The Morgan fingerprint density at radius 3 is 3.09 bits per heavy atom. The third kappa shape index (κ3) is 0.692. The zero-order chi connectivity index (χ0) is 7.42. The number of nitrogens with one attached hydrogen (secondary N) is 1. The average molecular weight is 153 g/mol. The van der Waals surface area contributed by atoms with E-state index >= 15 is 0 Å². The van der Waals surface area contributed by atoms with Crippen LogP contribution in [0.1, 0.15) is 19.3 Å². The molecule has 0 saturated carbocycles. The van der Waals surface area contributed by atoms with Gasteiger partial charge in [0.2, 0.25) is 0 Å². The molecule has 0 radical (unpaired) electrons. The summed E-state index contributed by atoms with van der Waals surface area (Å²) < 4.78 is 5.21. The van der Waals surface area contributed by atoms with Crippen LogP contribution in [-0.2, 0) is 9.53 Å². The summed E-state index contributed by atoms with van der Waals surface area (Å²) in [4.78, 5) is 11.0. The van der Waals surface area contributed by atoms with Crippen LogP contribution in [0.25, 0.3) is 0 Å². The third-order valence-electron chi connectivity index (χ3n) is 3.15. The zero-order valence-corrected chi connectivity index (χ0v) is 6.25. The van der Waals surface area contributed by atoms with Gasteiger partial charge in [0.25, 0.3) is 0 Å². The number of carbonyl (C=O) groups excluding carboxylic acids is 1. The van der Waals surface area contributed by atoms with E-state index in [0.29, 0.717) is 24.4 Å². The lowest BCUT2D eigenvalue weighted by molar-refractivity contribution is -0.158. The van der Waals surface area contributed by atoms with E-state index in [1.54, 1.807) is 0 Å². The van der Waals surface area contributed by atoms with Crippen molar-refractivity contribution in [2.45, 2.75) is 37.5 Å². The van der Waals surface area contributed by atoms with Crippen LogP contribution >= 0.6 is 0 Å². The maximum Gasteiger partial charge on any atom is 0.306 e. The second-order valence-corrected chi connectivity index (χ2v) is 3.85. The van der Waals surface area contributed by atoms with Crippen LogP contribution in [0.4, 0.5) is 0 Å². The summed E-state index contributed by atoms with van der Waals surface area (Å²) in [6, 6.07) is 1.14. The van der Waals surface area contributed by atoms with Gasteiger partial charge in [-0.15, -0.1) is 0 Å². The fourth-order valence-corrected chi connectivity index (χ4v) is 2.75. The zero-order valence-electron chi connectivity index (χ0n) is 6.25. The van der Waals surface area contributed by atoms with Gasteiger partial charge in [0, 0.05) is 18.5 Å². The van der Waals surface area contributed by atoms with Crippen LogP contribution in [0.2, 0.25) is 0 Å². The fourth-order valence-electron chi connectivity index (χ4n) is 2.75. The first-order valence-electron chi connectivity index (χ1n) is 4.28. The van der Waals surface area contributed by atoms with Crippen LogP contribution in [0.3, 0.4) is 0 Å². The van der Waals surface area contributed by atoms with Crippen molar-refractivity contribution in [2.75, 3.05) is 0 Å². The standard InChI is InChI=1S/C8H11NO2/c10-7-2-4-1-5-3-6(11-7)8(4)9-5/h4-6,8-9H,1-3H2. The van der Waals surface area contributed by atoms with Crippen molar-refractivity contribution in [3.8, 4) is 0 Å². The molecule has 0 spiro atoms. The number of hydrogen-bond donors (Lipinski definition) is 1. The minimum Gasteiger partial charge on any atom is -0.461 e. The first-order valence-corrected chi connectivity index (χ1v) is 4.28. The van der Waals surface area contributed by atoms with Gasteiger partial charge in [0.05, 0.1) is 6.42 Å². The molecule has 4 unspecified atom stereocenters. The highest BCUT2D eigenvalue weighted by Gasteiger charge is 2.51. The number of hydrogen-bond acceptors (Lipinski definition) is 3. The molecule has 4 atom stereocenters. The van der Waals surface area contributed by atoms with E-state index in [1.807, 2.05) is 0 Å². The van der Waals surface area contributed by atoms with E-state index in [9.17, 15) is 4.79 Å². The molecule has 3 heteroatoms. The highest BCUT2D eigenvalue weighted by molar-refractivity contribution is 5.71. The molecule has 0 amide bonds. The predicted octanol–water partition coefficient (Wildman–Crippen LogP) is 0.0523. The van der Waals surface area contributed by atoms with Crippen LogP contribution in [0, 0.1) is 5.92 Å². The topological polar surface area (TPSA) is 38.3 Å². The molecule has 1 N–H and O–H groups in total. The van der Waals surface area contributed by atoms with E-state index in [0.717, 1.165) is 6.42 Å². The molecule has 3 heterocycles. The minimum atomic E-state index is 0.0124. The molecule has 3 fully saturated rings. The lowest BCUT2D eigenvalue weighted by atomic mass is 9.83. The Balaban J connectivity index is 1.92. The SMILES string of the molecule is O=C1CC2CC3CC(O1)C2N3. The summed E-state index contributed by atoms with van der Waals surface area (Å²) in [6.07, 6.45) is 3.09. The summed E-state index contributed by atoms with van der Waals surface area (Å²) >= 11 is 0. The van der Waals surface area contributed by atoms with Gasteiger partial charge in [0.1, 0.15) is 6.10 Å². The first kappa shape index (κ1) is 6.00. The van der Waals surface area contributed by atoms with E-state index in [2.05, 4.69) is 5.32 Å². The van der Waals surface area contributed by atoms with Crippen molar-refractivity contribution in [2.24, 2.45) is 5.92 Å². The quantitative estimate of drug-likeness (QED) is 0.500. The van der Waals surface area contributed by atoms with E-state index in [4.69, 9.17) is 4.74 Å². The van der Waals surface area contributed by atoms with E-state index in [1.165, 1.54) is 6.42 Å². The second kappa shape index (κ2) is 1.78. The van der Waals surface area contributed by atoms with Crippen LogP contribution in [-0.4, -0.2) is 24.2 Å². The number of fused-ring (bicyclic) bond motifs is 1. The van der Waals surface area contributed by atoms with Gasteiger partial charge in [-0.3, -0.25) is 4.79 Å². The molecule has 11 heavy (non-hydrogen) atoms. The molecule has 0 aliphatic carbocycles. The lowest BCUT2D eigenvalue weighted by Crippen LogP contribution is -2.43. The molecule has 3 aliphatic rings. The molecule has 0 aromatic rings. The molecule has 3 saturated heterocycles. The summed E-state index contributed by atoms with van der Waals surface area (Å²) in [5.41, 5.74) is 0. The van der Waals surface area contributed by atoms with Gasteiger partial charge in [-0.1, -0.05) is 0 Å². The van der Waals surface area contributed by atoms with Crippen LogP contribution in [0.5, 0.6) is 0 Å². The highest BCUT2D eigenvalue weighted by Crippen LogP contribution is 2.40. The Labute approximate surface area is 65.1 Å². The van der Waals surface area contributed by atoms with Crippen molar-refractivity contribution in [1.29, 1.82) is 0 Å². The summed E-state index contributed by atoms with van der Waals surface area (Å²) in [6.45, 7) is 0. The van der Waals surface area contributed by atoms with E-state index in [-0.39, 0.29) is 12.1 Å². The molecular weight excluding hydrogens is 142 g/mol. The fraction of sp³-hybridized carbons (Fsp3) is 0.875. The maximum atomic E-state index is 11.0. The van der Waals surface area contributed by atoms with Crippen LogP contribution < -0.4 is 5.32 Å². The Kier molecular flexibility index (Phi) is 0.969. The third-order valence-corrected chi connectivity index (χ3v) is 3.15. The number of esters is 1. The Morgan fingerprint density at radius 1 is 1.45 bits per heavy atom. The Morgan fingerprint density at radius 2 is 2.36 bits per heavy atom. The second-order valence-electron chi connectivity index (χ2n) is 3.85. The largest absolute Gasteiger partial charge is 0.461 e.